The molecule has 10 nitrogen and oxygen atoms in total. The molecule has 4 amide bonds. The van der Waals surface area contributed by atoms with Gasteiger partial charge in [0.15, 0.2) is 0 Å². The number of hydrogen-bond donors (Lipinski definition) is 3. The summed E-state index contributed by atoms with van der Waals surface area (Å²) >= 11 is 0. The molecule has 2 aromatic rings. The topological polar surface area (TPSA) is 134 Å². The first-order chi connectivity index (χ1) is 20.2. The van der Waals surface area contributed by atoms with E-state index in [1.165, 1.54) is 9.96 Å². The average Bonchev–Trinajstić information content (AvgIpc) is 3.42. The summed E-state index contributed by atoms with van der Waals surface area (Å²) in [5.74, 6) is -1.62. The summed E-state index contributed by atoms with van der Waals surface area (Å²) in [4.78, 5) is 59.9. The van der Waals surface area contributed by atoms with Crippen LogP contribution in [0, 0.1) is 5.92 Å². The molecule has 42 heavy (non-hydrogen) atoms. The quantitative estimate of drug-likeness (QED) is 0.332. The molecule has 2 saturated heterocycles. The zero-order chi connectivity index (χ0) is 30.1. The molecule has 2 aliphatic rings. The summed E-state index contributed by atoms with van der Waals surface area (Å²) in [5.41, 5.74) is 8.66. The fraction of sp³-hybridized carbons (Fsp3) is 0.500. The van der Waals surface area contributed by atoms with Crippen molar-refractivity contribution in [2.45, 2.75) is 83.0 Å². The molecule has 0 spiro atoms. The molecule has 0 bridgehead atoms. The van der Waals surface area contributed by atoms with Crippen molar-refractivity contribution in [1.82, 2.24) is 20.6 Å². The van der Waals surface area contributed by atoms with Gasteiger partial charge in [0.05, 0.1) is 6.04 Å². The Morgan fingerprint density at radius 1 is 1.00 bits per heavy atom. The summed E-state index contributed by atoms with van der Waals surface area (Å²) in [7, 11) is 0. The molecule has 10 heteroatoms. The standard InChI is InChI=1S/C32H43N5O5/c1-22(2)29(36-19-9-18-34-32(36)41)30(39)37(42-31(40)27-16-17-28(38)35-27)26(21-24-12-7-4-8-13-24)15-14-25(33)20-23-10-5-3-6-11-23/h3-8,10-13,22,25-27,29H,9,14-21,33H2,1-2H3,(H,34,41)(H,35,38)/t25-,26+,27-,29-/m1/s1. The minimum absolute atomic E-state index is 0.179. The third kappa shape index (κ3) is 8.31. The Bertz CT molecular complexity index is 1210. The van der Waals surface area contributed by atoms with Crippen molar-refractivity contribution in [3.63, 3.8) is 0 Å². The van der Waals surface area contributed by atoms with Crippen LogP contribution in [0.15, 0.2) is 60.7 Å². The Morgan fingerprint density at radius 3 is 2.21 bits per heavy atom. The second-order valence-corrected chi connectivity index (χ2v) is 11.6. The minimum Gasteiger partial charge on any atom is -0.343 e. The van der Waals surface area contributed by atoms with Crippen LogP contribution in [0.2, 0.25) is 0 Å². The first-order valence-electron chi connectivity index (χ1n) is 14.9. The lowest BCUT2D eigenvalue weighted by atomic mass is 9.94. The second-order valence-electron chi connectivity index (χ2n) is 11.6. The third-order valence-corrected chi connectivity index (χ3v) is 7.88. The van der Waals surface area contributed by atoms with E-state index in [4.69, 9.17) is 10.6 Å². The molecule has 4 N–H and O–H groups in total. The lowest BCUT2D eigenvalue weighted by Crippen LogP contribution is -2.60. The summed E-state index contributed by atoms with van der Waals surface area (Å²) in [5, 5.41) is 6.65. The van der Waals surface area contributed by atoms with Gasteiger partial charge in [0.1, 0.15) is 12.1 Å². The molecule has 0 radical (unpaired) electrons. The lowest BCUT2D eigenvalue weighted by Gasteiger charge is -2.40. The number of carbonyl (C=O) groups is 4. The second kappa shape index (κ2) is 14.8. The van der Waals surface area contributed by atoms with Gasteiger partial charge in [-0.25, -0.2) is 9.59 Å². The van der Waals surface area contributed by atoms with Gasteiger partial charge in [0.2, 0.25) is 5.91 Å². The number of nitrogens with one attached hydrogen (secondary N) is 2. The molecule has 2 aromatic carbocycles. The van der Waals surface area contributed by atoms with Gasteiger partial charge in [0, 0.05) is 25.6 Å². The van der Waals surface area contributed by atoms with Gasteiger partial charge in [-0.15, -0.1) is 0 Å². The highest BCUT2D eigenvalue weighted by Gasteiger charge is 2.42. The normalized spacial score (nSPS) is 19.0. The van der Waals surface area contributed by atoms with Crippen molar-refractivity contribution in [3.05, 3.63) is 71.8 Å². The molecule has 0 aliphatic carbocycles. The predicted octanol–water partition coefficient (Wildman–Crippen LogP) is 2.95. The molecular formula is C32H43N5O5. The molecule has 4 atom stereocenters. The van der Waals surface area contributed by atoms with Crippen LogP contribution in [0.5, 0.6) is 0 Å². The van der Waals surface area contributed by atoms with E-state index in [-0.39, 0.29) is 30.3 Å². The third-order valence-electron chi connectivity index (χ3n) is 7.88. The van der Waals surface area contributed by atoms with E-state index in [1.54, 1.807) is 0 Å². The van der Waals surface area contributed by atoms with Crippen molar-refractivity contribution < 1.29 is 24.0 Å². The number of nitrogens with zero attached hydrogens (tertiary/aromatic N) is 2. The maximum Gasteiger partial charge on any atom is 0.354 e. The molecule has 226 valence electrons. The van der Waals surface area contributed by atoms with Crippen LogP contribution in [0.1, 0.15) is 57.1 Å². The Kier molecular flexibility index (Phi) is 10.9. The Labute approximate surface area is 247 Å². The van der Waals surface area contributed by atoms with Crippen LogP contribution < -0.4 is 16.4 Å². The van der Waals surface area contributed by atoms with E-state index >= 15 is 0 Å². The van der Waals surface area contributed by atoms with Crippen LogP contribution in [-0.2, 0) is 32.1 Å². The van der Waals surface area contributed by atoms with Crippen molar-refractivity contribution in [1.29, 1.82) is 0 Å². The van der Waals surface area contributed by atoms with Gasteiger partial charge >= 0.3 is 12.0 Å². The first-order valence-corrected chi connectivity index (χ1v) is 14.9. The molecule has 0 aromatic heterocycles. The van der Waals surface area contributed by atoms with E-state index in [1.807, 2.05) is 74.5 Å². The monoisotopic (exact) mass is 577 g/mol. The SMILES string of the molecule is CC(C)[C@H](C(=O)N(OC(=O)[C@H]1CCC(=O)N1)[C@@H](CC[C@@H](N)Cc1ccccc1)Cc1ccccc1)N1CCCNC1=O. The average molecular weight is 578 g/mol. The molecule has 4 rings (SSSR count). The van der Waals surface area contributed by atoms with E-state index in [0.717, 1.165) is 11.1 Å². The predicted molar refractivity (Wildman–Crippen MR) is 159 cm³/mol. The highest BCUT2D eigenvalue weighted by molar-refractivity contribution is 5.90. The van der Waals surface area contributed by atoms with Crippen molar-refractivity contribution in [3.8, 4) is 0 Å². The maximum absolute atomic E-state index is 14.4. The largest absolute Gasteiger partial charge is 0.354 e. The van der Waals surface area contributed by atoms with Crippen molar-refractivity contribution in [2.75, 3.05) is 13.1 Å². The Morgan fingerprint density at radius 2 is 1.64 bits per heavy atom. The molecule has 2 heterocycles. The number of hydrogen-bond acceptors (Lipinski definition) is 6. The zero-order valence-corrected chi connectivity index (χ0v) is 24.5. The highest BCUT2D eigenvalue weighted by atomic mass is 16.7. The summed E-state index contributed by atoms with van der Waals surface area (Å²) < 4.78 is 0. The summed E-state index contributed by atoms with van der Waals surface area (Å²) in [6.45, 7) is 4.73. The molecule has 0 unspecified atom stereocenters. The number of urea groups is 1. The zero-order valence-electron chi connectivity index (χ0n) is 24.5. The molecule has 2 fully saturated rings. The van der Waals surface area contributed by atoms with Gasteiger partial charge in [0.25, 0.3) is 5.91 Å². The van der Waals surface area contributed by atoms with Gasteiger partial charge < -0.3 is 26.1 Å². The van der Waals surface area contributed by atoms with E-state index in [9.17, 15) is 19.2 Å². The fourth-order valence-corrected chi connectivity index (χ4v) is 5.69. The van der Waals surface area contributed by atoms with Crippen molar-refractivity contribution >= 4 is 23.8 Å². The van der Waals surface area contributed by atoms with Crippen LogP contribution >= 0.6 is 0 Å². The fourth-order valence-electron chi connectivity index (χ4n) is 5.69. The van der Waals surface area contributed by atoms with Gasteiger partial charge in [-0.1, -0.05) is 74.5 Å². The van der Waals surface area contributed by atoms with Crippen LogP contribution in [-0.4, -0.2) is 71.0 Å². The highest BCUT2D eigenvalue weighted by Crippen LogP contribution is 2.24. The molecule has 0 saturated carbocycles. The van der Waals surface area contributed by atoms with Crippen LogP contribution in [0.3, 0.4) is 0 Å². The first kappa shape index (κ1) is 31.0. The molecule has 2 aliphatic heterocycles. The van der Waals surface area contributed by atoms with Crippen LogP contribution in [0.25, 0.3) is 0 Å². The smallest absolute Gasteiger partial charge is 0.343 e. The van der Waals surface area contributed by atoms with Gasteiger partial charge in [-0.05, 0) is 55.6 Å². The number of benzene rings is 2. The summed E-state index contributed by atoms with van der Waals surface area (Å²) in [6.07, 6.45) is 3.36. The minimum atomic E-state index is -0.840. The van der Waals surface area contributed by atoms with Crippen molar-refractivity contribution in [2.24, 2.45) is 11.7 Å². The number of amides is 4. The van der Waals surface area contributed by atoms with E-state index in [2.05, 4.69) is 10.6 Å². The molecular weight excluding hydrogens is 534 g/mol. The lowest BCUT2D eigenvalue weighted by molar-refractivity contribution is -0.213. The van der Waals surface area contributed by atoms with Gasteiger partial charge in [-0.3, -0.25) is 9.59 Å². The number of rotatable bonds is 12. The maximum atomic E-state index is 14.4. The summed E-state index contributed by atoms with van der Waals surface area (Å²) in [6, 6.07) is 17.0. The number of carbonyl (C=O) groups excluding carboxylic acids is 4. The Balaban J connectivity index is 1.63. The van der Waals surface area contributed by atoms with Gasteiger partial charge in [-0.2, -0.15) is 5.06 Å². The Hall–Kier alpha value is -3.92. The van der Waals surface area contributed by atoms with Crippen LogP contribution in [0.4, 0.5) is 4.79 Å². The van der Waals surface area contributed by atoms with E-state index in [0.29, 0.717) is 51.6 Å². The van der Waals surface area contributed by atoms with E-state index < -0.39 is 30.0 Å². The number of nitrogens with two attached hydrogens (primary N) is 1. The number of hydroxylamine groups is 2.